The van der Waals surface area contributed by atoms with Gasteiger partial charge in [0.1, 0.15) is 0 Å². The van der Waals surface area contributed by atoms with Crippen LogP contribution in [0.15, 0.2) is 85.1 Å². The van der Waals surface area contributed by atoms with Crippen molar-refractivity contribution in [2.45, 2.75) is 6.42 Å². The highest BCUT2D eigenvalue weighted by Gasteiger charge is 2.14. The molecule has 110 valence electrons. The lowest BCUT2D eigenvalue weighted by Gasteiger charge is -2.18. The monoisotopic (exact) mass is 307 g/mol. The molecule has 0 radical (unpaired) electrons. The standard InChI is InChI=1S/C19H18NOP/c1-3-10-18(11-4-1)22(19-12-5-2-6-13-19)21-16-14-17-9-7-8-15-20-17/h1-13,15H,14,16H2. The van der Waals surface area contributed by atoms with Gasteiger partial charge in [0, 0.05) is 28.9 Å². The van der Waals surface area contributed by atoms with E-state index in [4.69, 9.17) is 4.52 Å². The van der Waals surface area contributed by atoms with Gasteiger partial charge < -0.3 is 4.52 Å². The zero-order valence-corrected chi connectivity index (χ0v) is 13.2. The summed E-state index contributed by atoms with van der Waals surface area (Å²) in [5.41, 5.74) is 1.07. The normalized spacial score (nSPS) is 10.8. The molecule has 0 N–H and O–H groups in total. The van der Waals surface area contributed by atoms with E-state index in [1.807, 2.05) is 36.5 Å². The van der Waals surface area contributed by atoms with Gasteiger partial charge in [-0.2, -0.15) is 0 Å². The van der Waals surface area contributed by atoms with Crippen LogP contribution in [0.5, 0.6) is 0 Å². The number of pyridine rings is 1. The lowest BCUT2D eigenvalue weighted by molar-refractivity contribution is 0.364. The molecule has 0 aliphatic heterocycles. The number of hydrogen-bond donors (Lipinski definition) is 0. The van der Waals surface area contributed by atoms with Crippen LogP contribution >= 0.6 is 8.15 Å². The van der Waals surface area contributed by atoms with Gasteiger partial charge in [-0.1, -0.05) is 66.7 Å². The van der Waals surface area contributed by atoms with Crippen LogP contribution in [0.2, 0.25) is 0 Å². The van der Waals surface area contributed by atoms with Gasteiger partial charge in [0.25, 0.3) is 0 Å². The molecule has 0 aliphatic carbocycles. The summed E-state index contributed by atoms with van der Waals surface area (Å²) in [6, 6.07) is 26.9. The maximum absolute atomic E-state index is 6.24. The van der Waals surface area contributed by atoms with Crippen LogP contribution in [-0.4, -0.2) is 11.6 Å². The highest BCUT2D eigenvalue weighted by molar-refractivity contribution is 7.68. The molecule has 0 amide bonds. The first-order valence-electron chi connectivity index (χ1n) is 7.36. The van der Waals surface area contributed by atoms with Crippen LogP contribution in [0.1, 0.15) is 5.69 Å². The zero-order chi connectivity index (χ0) is 15.0. The maximum Gasteiger partial charge on any atom is 0.0917 e. The molecule has 0 aliphatic rings. The lowest BCUT2D eigenvalue weighted by Crippen LogP contribution is -2.14. The fourth-order valence-corrected chi connectivity index (χ4v) is 3.97. The summed E-state index contributed by atoms with van der Waals surface area (Å²) < 4.78 is 6.24. The molecular formula is C19H18NOP. The third-order valence-electron chi connectivity index (χ3n) is 3.29. The molecule has 0 atom stereocenters. The molecule has 3 rings (SSSR count). The van der Waals surface area contributed by atoms with Gasteiger partial charge in [-0.15, -0.1) is 0 Å². The van der Waals surface area contributed by atoms with Crippen molar-refractivity contribution >= 4 is 18.8 Å². The summed E-state index contributed by atoms with van der Waals surface area (Å²) >= 11 is 0. The van der Waals surface area contributed by atoms with E-state index in [2.05, 4.69) is 53.5 Å². The van der Waals surface area contributed by atoms with Gasteiger partial charge in [-0.05, 0) is 12.1 Å². The van der Waals surface area contributed by atoms with Crippen molar-refractivity contribution in [1.82, 2.24) is 4.98 Å². The Morgan fingerprint density at radius 1 is 0.727 bits per heavy atom. The van der Waals surface area contributed by atoms with Crippen molar-refractivity contribution in [3.63, 3.8) is 0 Å². The molecule has 0 saturated carbocycles. The van der Waals surface area contributed by atoms with Gasteiger partial charge in [-0.25, -0.2) is 0 Å². The summed E-state index contributed by atoms with van der Waals surface area (Å²) in [6.45, 7) is 0.673. The molecule has 0 fully saturated rings. The predicted octanol–water partition coefficient (Wildman–Crippen LogP) is 3.69. The largest absolute Gasteiger partial charge is 0.349 e. The van der Waals surface area contributed by atoms with Crippen LogP contribution in [0, 0.1) is 0 Å². The van der Waals surface area contributed by atoms with Crippen LogP contribution in [0.3, 0.4) is 0 Å². The van der Waals surface area contributed by atoms with Gasteiger partial charge in [-0.3, -0.25) is 4.98 Å². The van der Waals surface area contributed by atoms with Crippen LogP contribution in [0.25, 0.3) is 0 Å². The number of nitrogens with zero attached hydrogens (tertiary/aromatic N) is 1. The SMILES string of the molecule is c1ccc(P(OCCc2ccccn2)c2ccccc2)cc1. The molecule has 1 aromatic heterocycles. The second-order valence-corrected chi connectivity index (χ2v) is 6.75. The molecule has 3 aromatic rings. The molecule has 2 nitrogen and oxygen atoms in total. The first kappa shape index (κ1) is 14.9. The average Bonchev–Trinajstić information content (AvgIpc) is 2.61. The average molecular weight is 307 g/mol. The van der Waals surface area contributed by atoms with Crippen LogP contribution in [-0.2, 0) is 10.9 Å². The third-order valence-corrected chi connectivity index (χ3v) is 5.26. The summed E-state index contributed by atoms with van der Waals surface area (Å²) in [5.74, 6) is 0. The molecule has 0 bridgehead atoms. The Kier molecular flexibility index (Phi) is 5.31. The quantitative estimate of drug-likeness (QED) is 0.648. The number of rotatable bonds is 6. The van der Waals surface area contributed by atoms with Crippen LogP contribution in [0.4, 0.5) is 0 Å². The Hall–Kier alpha value is -2.02. The molecule has 22 heavy (non-hydrogen) atoms. The van der Waals surface area contributed by atoms with E-state index in [1.54, 1.807) is 0 Å². The van der Waals surface area contributed by atoms with E-state index in [-0.39, 0.29) is 0 Å². The van der Waals surface area contributed by atoms with Gasteiger partial charge in [0.2, 0.25) is 0 Å². The van der Waals surface area contributed by atoms with E-state index >= 15 is 0 Å². The molecule has 0 unspecified atom stereocenters. The Bertz CT molecular complexity index is 634. The molecular weight excluding hydrogens is 289 g/mol. The van der Waals surface area contributed by atoms with E-state index in [9.17, 15) is 0 Å². The Morgan fingerprint density at radius 2 is 1.32 bits per heavy atom. The minimum Gasteiger partial charge on any atom is -0.349 e. The highest BCUT2D eigenvalue weighted by Crippen LogP contribution is 2.34. The minimum atomic E-state index is -0.775. The minimum absolute atomic E-state index is 0.673. The Morgan fingerprint density at radius 3 is 1.86 bits per heavy atom. The first-order chi connectivity index (χ1) is 10.9. The maximum atomic E-state index is 6.24. The Labute approximate surface area is 132 Å². The van der Waals surface area contributed by atoms with Crippen LogP contribution < -0.4 is 10.6 Å². The molecule has 1 heterocycles. The summed E-state index contributed by atoms with van der Waals surface area (Å²) in [6.07, 6.45) is 2.66. The van der Waals surface area contributed by atoms with E-state index < -0.39 is 8.15 Å². The predicted molar refractivity (Wildman–Crippen MR) is 93.0 cm³/mol. The van der Waals surface area contributed by atoms with Crippen molar-refractivity contribution in [1.29, 1.82) is 0 Å². The summed E-state index contributed by atoms with van der Waals surface area (Å²) in [7, 11) is -0.775. The molecule has 0 saturated heterocycles. The van der Waals surface area contributed by atoms with Crippen molar-refractivity contribution < 1.29 is 4.52 Å². The van der Waals surface area contributed by atoms with Gasteiger partial charge in [0.05, 0.1) is 14.8 Å². The van der Waals surface area contributed by atoms with Gasteiger partial charge >= 0.3 is 0 Å². The molecule has 0 spiro atoms. The number of benzene rings is 2. The molecule has 2 aromatic carbocycles. The topological polar surface area (TPSA) is 22.1 Å². The second-order valence-electron chi connectivity index (χ2n) is 4.87. The fourth-order valence-electron chi connectivity index (χ4n) is 2.21. The lowest BCUT2D eigenvalue weighted by atomic mass is 10.3. The van der Waals surface area contributed by atoms with Crippen molar-refractivity contribution in [3.8, 4) is 0 Å². The zero-order valence-electron chi connectivity index (χ0n) is 12.3. The van der Waals surface area contributed by atoms with Crippen molar-refractivity contribution in [2.24, 2.45) is 0 Å². The summed E-state index contributed by atoms with van der Waals surface area (Å²) in [4.78, 5) is 4.35. The van der Waals surface area contributed by atoms with Crippen molar-refractivity contribution in [3.05, 3.63) is 90.8 Å². The molecule has 3 heteroatoms. The smallest absolute Gasteiger partial charge is 0.0917 e. The fraction of sp³-hybridized carbons (Fsp3) is 0.105. The number of hydrogen-bond acceptors (Lipinski definition) is 2. The third kappa shape index (κ3) is 4.00. The van der Waals surface area contributed by atoms with E-state index in [1.165, 1.54) is 10.6 Å². The number of aromatic nitrogens is 1. The second kappa shape index (κ2) is 7.84. The highest BCUT2D eigenvalue weighted by atomic mass is 31.1. The van der Waals surface area contributed by atoms with E-state index in [0.29, 0.717) is 6.61 Å². The first-order valence-corrected chi connectivity index (χ1v) is 8.62. The van der Waals surface area contributed by atoms with Crippen molar-refractivity contribution in [2.75, 3.05) is 6.61 Å². The van der Waals surface area contributed by atoms with E-state index in [0.717, 1.165) is 12.1 Å². The summed E-state index contributed by atoms with van der Waals surface area (Å²) in [5, 5.41) is 2.48. The Balaban J connectivity index is 1.72. The van der Waals surface area contributed by atoms with Gasteiger partial charge in [0.15, 0.2) is 0 Å².